The zero-order valence-corrected chi connectivity index (χ0v) is 15.0. The maximum absolute atomic E-state index is 6.17. The number of rotatable bonds is 2. The van der Waals surface area contributed by atoms with Gasteiger partial charge < -0.3 is 11.5 Å². The molecule has 0 aliphatic carbocycles. The monoisotopic (exact) mass is 348 g/mol. The third kappa shape index (κ3) is 3.19. The Balaban J connectivity index is 0.000000880. The van der Waals surface area contributed by atoms with Gasteiger partial charge in [-0.25, -0.2) is 4.98 Å². The minimum Gasteiger partial charge on any atom is -0.399 e. The van der Waals surface area contributed by atoms with Crippen molar-refractivity contribution in [3.63, 3.8) is 0 Å². The number of hydrogen-bond acceptors (Lipinski definition) is 5. The molecule has 0 aliphatic heterocycles. The molecule has 4 rings (SSSR count). The molecule has 0 unspecified atom stereocenters. The van der Waals surface area contributed by atoms with E-state index in [1.807, 2.05) is 62.6 Å². The number of anilines is 2. The highest BCUT2D eigenvalue weighted by Gasteiger charge is 2.15. The summed E-state index contributed by atoms with van der Waals surface area (Å²) in [7, 11) is 0. The van der Waals surface area contributed by atoms with Crippen LogP contribution in [-0.4, -0.2) is 9.97 Å². The van der Waals surface area contributed by atoms with Crippen molar-refractivity contribution in [2.75, 3.05) is 11.5 Å². The molecule has 0 bridgehead atoms. The van der Waals surface area contributed by atoms with E-state index in [4.69, 9.17) is 11.5 Å². The van der Waals surface area contributed by atoms with E-state index in [9.17, 15) is 0 Å². The van der Waals surface area contributed by atoms with Gasteiger partial charge in [0.05, 0.1) is 0 Å². The maximum Gasteiger partial charge on any atom is 0.132 e. The van der Waals surface area contributed by atoms with Crippen LogP contribution in [0.2, 0.25) is 0 Å². The summed E-state index contributed by atoms with van der Waals surface area (Å²) in [6.07, 6.45) is 5.42. The molecule has 0 saturated carbocycles. The number of nitrogen functional groups attached to an aromatic ring is 2. The normalized spacial score (nSPS) is 10.3. The minimum absolute atomic E-state index is 0.534. The summed E-state index contributed by atoms with van der Waals surface area (Å²) in [5.74, 6) is 0.534. The quantitative estimate of drug-likeness (QED) is 0.487. The fourth-order valence-electron chi connectivity index (χ4n) is 2.71. The van der Waals surface area contributed by atoms with Gasteiger partial charge in [0.25, 0.3) is 0 Å². The van der Waals surface area contributed by atoms with Crippen molar-refractivity contribution >= 4 is 32.9 Å². The number of pyridine rings is 2. The highest BCUT2D eigenvalue weighted by molar-refractivity contribution is 7.18. The average Bonchev–Trinajstić information content (AvgIpc) is 3.10. The van der Waals surface area contributed by atoms with E-state index >= 15 is 0 Å². The second kappa shape index (κ2) is 7.32. The Hall–Kier alpha value is -2.92. The standard InChI is InChI=1S/C18H14N4S.C2H6/c19-13-5-1-3-11(7-13)15-10-23-17-14(9-22-18(20)16(15)17)12-4-2-6-21-8-12;1-2/h1-10H,19H2,(H2,20,22);1-2H3. The van der Waals surface area contributed by atoms with Crippen LogP contribution < -0.4 is 11.5 Å². The van der Waals surface area contributed by atoms with Crippen molar-refractivity contribution in [2.45, 2.75) is 13.8 Å². The van der Waals surface area contributed by atoms with Crippen molar-refractivity contribution in [1.82, 2.24) is 9.97 Å². The van der Waals surface area contributed by atoms with E-state index in [-0.39, 0.29) is 0 Å². The molecule has 0 atom stereocenters. The molecule has 3 heterocycles. The summed E-state index contributed by atoms with van der Waals surface area (Å²) in [5.41, 5.74) is 17.0. The van der Waals surface area contributed by atoms with Gasteiger partial charge in [-0.2, -0.15) is 0 Å². The molecule has 0 saturated heterocycles. The Labute approximate surface area is 151 Å². The Morgan fingerprint density at radius 3 is 2.44 bits per heavy atom. The Kier molecular flexibility index (Phi) is 4.95. The third-order valence-corrected chi connectivity index (χ3v) is 4.81. The summed E-state index contributed by atoms with van der Waals surface area (Å²) < 4.78 is 1.11. The molecule has 4 nitrogen and oxygen atoms in total. The number of hydrogen-bond donors (Lipinski definition) is 2. The highest BCUT2D eigenvalue weighted by Crippen LogP contribution is 2.41. The van der Waals surface area contributed by atoms with Crippen LogP contribution in [0, 0.1) is 0 Å². The predicted molar refractivity (Wildman–Crippen MR) is 108 cm³/mol. The molecule has 126 valence electrons. The van der Waals surface area contributed by atoms with Crippen LogP contribution in [-0.2, 0) is 0 Å². The summed E-state index contributed by atoms with van der Waals surface area (Å²) >= 11 is 1.66. The van der Waals surface area contributed by atoms with Crippen LogP contribution in [0.3, 0.4) is 0 Å². The van der Waals surface area contributed by atoms with Crippen molar-refractivity contribution in [1.29, 1.82) is 0 Å². The van der Waals surface area contributed by atoms with Crippen LogP contribution in [0.15, 0.2) is 60.4 Å². The summed E-state index contributed by atoms with van der Waals surface area (Å²) in [5, 5.41) is 3.08. The predicted octanol–water partition coefficient (Wildman–Crippen LogP) is 5.22. The molecule has 1 aromatic carbocycles. The molecule has 0 radical (unpaired) electrons. The number of aromatic nitrogens is 2. The van der Waals surface area contributed by atoms with Gasteiger partial charge in [0.2, 0.25) is 0 Å². The number of nitrogens with zero attached hydrogens (tertiary/aromatic N) is 2. The molecule has 3 aromatic heterocycles. The lowest BCUT2D eigenvalue weighted by molar-refractivity contribution is 1.32. The molecule has 0 spiro atoms. The van der Waals surface area contributed by atoms with Gasteiger partial charge in [0.1, 0.15) is 5.82 Å². The molecule has 4 aromatic rings. The molecule has 0 aliphatic rings. The Morgan fingerprint density at radius 2 is 1.72 bits per heavy atom. The number of thiophene rings is 1. The molecule has 25 heavy (non-hydrogen) atoms. The van der Waals surface area contributed by atoms with Gasteiger partial charge in [-0.05, 0) is 29.1 Å². The molecule has 0 fully saturated rings. The first-order valence-corrected chi connectivity index (χ1v) is 9.04. The lowest BCUT2D eigenvalue weighted by atomic mass is 10.0. The van der Waals surface area contributed by atoms with Gasteiger partial charge in [0, 0.05) is 51.1 Å². The smallest absolute Gasteiger partial charge is 0.132 e. The summed E-state index contributed by atoms with van der Waals surface area (Å²) in [4.78, 5) is 8.59. The number of benzene rings is 1. The van der Waals surface area contributed by atoms with Gasteiger partial charge >= 0.3 is 0 Å². The van der Waals surface area contributed by atoms with Gasteiger partial charge in [-0.1, -0.05) is 32.0 Å². The number of fused-ring (bicyclic) bond motifs is 1. The molecule has 4 N–H and O–H groups in total. The van der Waals surface area contributed by atoms with Crippen LogP contribution >= 0.6 is 11.3 Å². The Bertz CT molecular complexity index is 993. The molecule has 5 heteroatoms. The lowest BCUT2D eigenvalue weighted by Crippen LogP contribution is -1.93. The van der Waals surface area contributed by atoms with Crippen molar-refractivity contribution in [3.05, 3.63) is 60.4 Å². The van der Waals surface area contributed by atoms with Crippen molar-refractivity contribution < 1.29 is 0 Å². The SMILES string of the molecule is CC.Nc1cccc(-c2csc3c(-c4cccnc4)cnc(N)c23)c1. The van der Waals surface area contributed by atoms with Crippen LogP contribution in [0.1, 0.15) is 13.8 Å². The van der Waals surface area contributed by atoms with Gasteiger partial charge in [0.15, 0.2) is 0 Å². The molecule has 0 amide bonds. The second-order valence-electron chi connectivity index (χ2n) is 5.28. The zero-order chi connectivity index (χ0) is 17.8. The zero-order valence-electron chi connectivity index (χ0n) is 14.2. The van der Waals surface area contributed by atoms with Crippen LogP contribution in [0.4, 0.5) is 11.5 Å². The third-order valence-electron chi connectivity index (χ3n) is 3.79. The van der Waals surface area contributed by atoms with Gasteiger partial charge in [-0.15, -0.1) is 11.3 Å². The van der Waals surface area contributed by atoms with E-state index < -0.39 is 0 Å². The first-order chi connectivity index (χ1) is 12.2. The topological polar surface area (TPSA) is 77.8 Å². The summed E-state index contributed by atoms with van der Waals surface area (Å²) in [6, 6.07) is 11.8. The van der Waals surface area contributed by atoms with E-state index in [2.05, 4.69) is 15.3 Å². The van der Waals surface area contributed by atoms with Crippen molar-refractivity contribution in [2.24, 2.45) is 0 Å². The van der Waals surface area contributed by atoms with Crippen molar-refractivity contribution in [3.8, 4) is 22.3 Å². The fraction of sp³-hybridized carbons (Fsp3) is 0.100. The fourth-order valence-corrected chi connectivity index (χ4v) is 3.83. The van der Waals surface area contributed by atoms with Crippen LogP contribution in [0.25, 0.3) is 32.3 Å². The minimum atomic E-state index is 0.534. The molecular formula is C20H20N4S. The average molecular weight is 348 g/mol. The molecular weight excluding hydrogens is 328 g/mol. The van der Waals surface area contributed by atoms with E-state index in [0.29, 0.717) is 5.82 Å². The first-order valence-electron chi connectivity index (χ1n) is 8.16. The number of nitrogens with two attached hydrogens (primary N) is 2. The second-order valence-corrected chi connectivity index (χ2v) is 6.16. The lowest BCUT2D eigenvalue weighted by Gasteiger charge is -2.07. The van der Waals surface area contributed by atoms with Gasteiger partial charge in [-0.3, -0.25) is 4.98 Å². The van der Waals surface area contributed by atoms with E-state index in [1.165, 1.54) is 0 Å². The van der Waals surface area contributed by atoms with E-state index in [1.54, 1.807) is 17.5 Å². The summed E-state index contributed by atoms with van der Waals surface area (Å²) in [6.45, 7) is 4.00. The maximum atomic E-state index is 6.17. The Morgan fingerprint density at radius 1 is 0.920 bits per heavy atom. The highest BCUT2D eigenvalue weighted by atomic mass is 32.1. The first kappa shape index (κ1) is 16.9. The largest absolute Gasteiger partial charge is 0.399 e. The van der Waals surface area contributed by atoms with Crippen LogP contribution in [0.5, 0.6) is 0 Å². The van der Waals surface area contributed by atoms with E-state index in [0.717, 1.165) is 38.0 Å².